The quantitative estimate of drug-likeness (QED) is 0.850. The van der Waals surface area contributed by atoms with Crippen LogP contribution in [0.3, 0.4) is 0 Å². The Morgan fingerprint density at radius 3 is 2.37 bits per heavy atom. The van der Waals surface area contributed by atoms with E-state index in [9.17, 15) is 5.11 Å². The van der Waals surface area contributed by atoms with Gasteiger partial charge in [0.1, 0.15) is 0 Å². The van der Waals surface area contributed by atoms with Gasteiger partial charge in [-0.15, -0.1) is 0 Å². The van der Waals surface area contributed by atoms with Gasteiger partial charge in [-0.05, 0) is 29.5 Å². The summed E-state index contributed by atoms with van der Waals surface area (Å²) < 4.78 is 0. The molecule has 0 aromatic heterocycles. The maximum atomic E-state index is 10.3. The number of aliphatic hydroxyl groups excluding tert-OH is 1. The number of halogens is 2. The number of hydrogen-bond donors (Lipinski definition) is 1. The monoisotopic (exact) mass is 294 g/mol. The van der Waals surface area contributed by atoms with E-state index in [-0.39, 0.29) is 5.92 Å². The SMILES string of the molecule is CC(Cc1cccc(Cl)c1Cl)C(O)c1ccccc1. The molecular weight excluding hydrogens is 279 g/mol. The minimum Gasteiger partial charge on any atom is -0.388 e. The highest BCUT2D eigenvalue weighted by atomic mass is 35.5. The molecule has 100 valence electrons. The molecule has 3 heteroatoms. The molecule has 19 heavy (non-hydrogen) atoms. The number of hydrogen-bond acceptors (Lipinski definition) is 1. The summed E-state index contributed by atoms with van der Waals surface area (Å²) in [5.41, 5.74) is 1.89. The zero-order valence-electron chi connectivity index (χ0n) is 10.7. The third-order valence-electron chi connectivity index (χ3n) is 3.25. The van der Waals surface area contributed by atoms with Gasteiger partial charge in [0.15, 0.2) is 0 Å². The lowest BCUT2D eigenvalue weighted by Crippen LogP contribution is -2.12. The van der Waals surface area contributed by atoms with Crippen LogP contribution in [0.4, 0.5) is 0 Å². The average molecular weight is 295 g/mol. The van der Waals surface area contributed by atoms with E-state index in [1.165, 1.54) is 0 Å². The van der Waals surface area contributed by atoms with Gasteiger partial charge < -0.3 is 5.11 Å². The first-order valence-corrected chi connectivity index (χ1v) is 7.01. The van der Waals surface area contributed by atoms with Crippen molar-refractivity contribution in [3.05, 3.63) is 69.7 Å². The second-order valence-electron chi connectivity index (χ2n) is 4.75. The first kappa shape index (κ1) is 14.4. The second kappa shape index (κ2) is 6.42. The van der Waals surface area contributed by atoms with Gasteiger partial charge in [-0.2, -0.15) is 0 Å². The smallest absolute Gasteiger partial charge is 0.0818 e. The van der Waals surface area contributed by atoms with Gasteiger partial charge in [0.05, 0.1) is 16.1 Å². The van der Waals surface area contributed by atoms with E-state index >= 15 is 0 Å². The molecule has 2 rings (SSSR count). The van der Waals surface area contributed by atoms with Crippen LogP contribution in [0, 0.1) is 5.92 Å². The molecule has 2 unspecified atom stereocenters. The Morgan fingerprint density at radius 1 is 1.00 bits per heavy atom. The van der Waals surface area contributed by atoms with E-state index in [4.69, 9.17) is 23.2 Å². The topological polar surface area (TPSA) is 20.2 Å². The second-order valence-corrected chi connectivity index (χ2v) is 5.54. The molecule has 0 saturated carbocycles. The van der Waals surface area contributed by atoms with Gasteiger partial charge >= 0.3 is 0 Å². The number of aliphatic hydroxyl groups is 1. The summed E-state index contributed by atoms with van der Waals surface area (Å²) in [6.45, 7) is 2.01. The van der Waals surface area contributed by atoms with Crippen LogP contribution in [0.2, 0.25) is 10.0 Å². The minimum absolute atomic E-state index is 0.0679. The third-order valence-corrected chi connectivity index (χ3v) is 4.11. The third kappa shape index (κ3) is 3.50. The molecule has 2 aromatic rings. The predicted octanol–water partition coefficient (Wildman–Crippen LogP) is 4.91. The van der Waals surface area contributed by atoms with Crippen LogP contribution in [0.15, 0.2) is 48.5 Å². The molecule has 0 radical (unpaired) electrons. The summed E-state index contributed by atoms with van der Waals surface area (Å²) >= 11 is 12.2. The Hall–Kier alpha value is -1.02. The molecule has 1 nitrogen and oxygen atoms in total. The molecule has 0 saturated heterocycles. The highest BCUT2D eigenvalue weighted by Gasteiger charge is 2.18. The summed E-state index contributed by atoms with van der Waals surface area (Å²) in [6.07, 6.45) is 0.186. The lowest BCUT2D eigenvalue weighted by Gasteiger charge is -2.20. The molecule has 0 fully saturated rings. The van der Waals surface area contributed by atoms with Crippen LogP contribution in [0.5, 0.6) is 0 Å². The average Bonchev–Trinajstić information content (AvgIpc) is 2.44. The van der Waals surface area contributed by atoms with E-state index in [0.29, 0.717) is 16.5 Å². The largest absolute Gasteiger partial charge is 0.388 e. The van der Waals surface area contributed by atoms with Crippen LogP contribution in [-0.2, 0) is 6.42 Å². The van der Waals surface area contributed by atoms with Gasteiger partial charge in [-0.1, -0.05) is 72.6 Å². The molecule has 1 N–H and O–H groups in total. The zero-order valence-corrected chi connectivity index (χ0v) is 12.2. The molecule has 0 bridgehead atoms. The van der Waals surface area contributed by atoms with Gasteiger partial charge in [0.25, 0.3) is 0 Å². The van der Waals surface area contributed by atoms with Crippen LogP contribution >= 0.6 is 23.2 Å². The molecule has 0 heterocycles. The summed E-state index contributed by atoms with van der Waals surface area (Å²) in [6, 6.07) is 15.3. The first-order chi connectivity index (χ1) is 9.09. The Bertz CT molecular complexity index is 540. The Labute approximate surface area is 123 Å². The predicted molar refractivity (Wildman–Crippen MR) is 80.7 cm³/mol. The summed E-state index contributed by atoms with van der Waals surface area (Å²) in [7, 11) is 0. The minimum atomic E-state index is -0.503. The van der Waals surface area contributed by atoms with E-state index in [1.54, 1.807) is 6.07 Å². The van der Waals surface area contributed by atoms with Gasteiger partial charge in [-0.25, -0.2) is 0 Å². The standard InChI is InChI=1S/C16H16Cl2O/c1-11(16(19)12-6-3-2-4-7-12)10-13-8-5-9-14(17)15(13)18/h2-9,11,16,19H,10H2,1H3. The molecule has 0 amide bonds. The van der Waals surface area contributed by atoms with E-state index < -0.39 is 6.10 Å². The van der Waals surface area contributed by atoms with Crippen molar-refractivity contribution >= 4 is 23.2 Å². The van der Waals surface area contributed by atoms with Gasteiger partial charge in [-0.3, -0.25) is 0 Å². The van der Waals surface area contributed by atoms with E-state index in [2.05, 4.69) is 0 Å². The highest BCUT2D eigenvalue weighted by molar-refractivity contribution is 6.42. The van der Waals surface area contributed by atoms with E-state index in [1.807, 2.05) is 49.4 Å². The van der Waals surface area contributed by atoms with Crippen LogP contribution in [0.25, 0.3) is 0 Å². The van der Waals surface area contributed by atoms with Crippen molar-refractivity contribution in [1.29, 1.82) is 0 Å². The Kier molecular flexibility index (Phi) is 4.87. The molecular formula is C16H16Cl2O. The fourth-order valence-corrected chi connectivity index (χ4v) is 2.54. The molecule has 0 aliphatic rings. The first-order valence-electron chi connectivity index (χ1n) is 6.25. The van der Waals surface area contributed by atoms with Crippen molar-refractivity contribution in [3.8, 4) is 0 Å². The summed E-state index contributed by atoms with van der Waals surface area (Å²) in [4.78, 5) is 0. The van der Waals surface area contributed by atoms with Crippen LogP contribution < -0.4 is 0 Å². The molecule has 2 aromatic carbocycles. The van der Waals surface area contributed by atoms with Gasteiger partial charge in [0.2, 0.25) is 0 Å². The van der Waals surface area contributed by atoms with Crippen LogP contribution in [-0.4, -0.2) is 5.11 Å². The summed E-state index contributed by atoms with van der Waals surface area (Å²) in [5.74, 6) is 0.0679. The molecule has 0 spiro atoms. The van der Waals surface area contributed by atoms with Crippen LogP contribution in [0.1, 0.15) is 24.2 Å². The van der Waals surface area contributed by atoms with Crippen molar-refractivity contribution in [1.82, 2.24) is 0 Å². The van der Waals surface area contributed by atoms with Crippen molar-refractivity contribution < 1.29 is 5.11 Å². The molecule has 0 aliphatic carbocycles. The molecule has 0 aliphatic heterocycles. The maximum Gasteiger partial charge on any atom is 0.0818 e. The van der Waals surface area contributed by atoms with Crippen molar-refractivity contribution in [2.24, 2.45) is 5.92 Å². The van der Waals surface area contributed by atoms with Gasteiger partial charge in [0, 0.05) is 0 Å². The van der Waals surface area contributed by atoms with Crippen molar-refractivity contribution in [3.63, 3.8) is 0 Å². The fourth-order valence-electron chi connectivity index (χ4n) is 2.14. The van der Waals surface area contributed by atoms with Crippen molar-refractivity contribution in [2.45, 2.75) is 19.4 Å². The Morgan fingerprint density at radius 2 is 1.68 bits per heavy atom. The normalized spacial score (nSPS) is 14.1. The number of benzene rings is 2. The lowest BCUT2D eigenvalue weighted by molar-refractivity contribution is 0.117. The number of rotatable bonds is 4. The maximum absolute atomic E-state index is 10.3. The highest BCUT2D eigenvalue weighted by Crippen LogP contribution is 2.31. The Balaban J connectivity index is 2.13. The lowest BCUT2D eigenvalue weighted by atomic mass is 9.91. The van der Waals surface area contributed by atoms with Crippen molar-refractivity contribution in [2.75, 3.05) is 0 Å². The summed E-state index contributed by atoms with van der Waals surface area (Å²) in [5, 5.41) is 11.5. The fraction of sp³-hybridized carbons (Fsp3) is 0.250. The molecule has 2 atom stereocenters. The zero-order chi connectivity index (χ0) is 13.8. The van der Waals surface area contributed by atoms with E-state index in [0.717, 1.165) is 11.1 Å².